The van der Waals surface area contributed by atoms with E-state index in [9.17, 15) is 0 Å². The van der Waals surface area contributed by atoms with Crippen LogP contribution in [0.5, 0.6) is 0 Å². The predicted octanol–water partition coefficient (Wildman–Crippen LogP) is 2.53. The van der Waals surface area contributed by atoms with Crippen molar-refractivity contribution in [2.45, 2.75) is 18.9 Å². The van der Waals surface area contributed by atoms with Crippen LogP contribution in [-0.4, -0.2) is 23.9 Å². The molecule has 1 fully saturated rings. The zero-order valence-electron chi connectivity index (χ0n) is 9.64. The van der Waals surface area contributed by atoms with Crippen LogP contribution >= 0.6 is 15.9 Å². The fourth-order valence-electron chi connectivity index (χ4n) is 2.33. The first-order chi connectivity index (χ1) is 8.24. The van der Waals surface area contributed by atoms with E-state index < -0.39 is 0 Å². The highest BCUT2D eigenvalue weighted by Gasteiger charge is 2.32. The van der Waals surface area contributed by atoms with Gasteiger partial charge in [0.2, 0.25) is 0 Å². The Morgan fingerprint density at radius 1 is 1.41 bits per heavy atom. The van der Waals surface area contributed by atoms with E-state index in [4.69, 9.17) is 5.73 Å². The van der Waals surface area contributed by atoms with Crippen molar-refractivity contribution in [3.05, 3.63) is 34.3 Å². The summed E-state index contributed by atoms with van der Waals surface area (Å²) in [4.78, 5) is 6.65. The Balaban J connectivity index is 1.82. The minimum Gasteiger partial charge on any atom is -0.370 e. The van der Waals surface area contributed by atoms with Crippen molar-refractivity contribution in [3.63, 3.8) is 0 Å². The first kappa shape index (κ1) is 11.1. The molecule has 1 aromatic rings. The Hall–Kier alpha value is -1.03. The quantitative estimate of drug-likeness (QED) is 0.930. The highest BCUT2D eigenvalue weighted by atomic mass is 79.9. The molecule has 4 heteroatoms. The van der Waals surface area contributed by atoms with Crippen molar-refractivity contribution in [3.8, 4) is 0 Å². The zero-order valence-corrected chi connectivity index (χ0v) is 11.2. The van der Waals surface area contributed by atoms with Crippen LogP contribution in [0, 0.1) is 5.92 Å². The molecule has 90 valence electrons. The number of nitrogens with two attached hydrogens (primary N) is 1. The molecular formula is C13H16BrN3. The number of rotatable bonds is 3. The summed E-state index contributed by atoms with van der Waals surface area (Å²) in [6.45, 7) is 1.85. The highest BCUT2D eigenvalue weighted by Crippen LogP contribution is 2.34. The van der Waals surface area contributed by atoms with Gasteiger partial charge in [0, 0.05) is 11.0 Å². The van der Waals surface area contributed by atoms with E-state index in [0.717, 1.165) is 23.5 Å². The minimum atomic E-state index is 0.327. The van der Waals surface area contributed by atoms with Gasteiger partial charge < -0.3 is 10.6 Å². The first-order valence-corrected chi connectivity index (χ1v) is 6.85. The minimum absolute atomic E-state index is 0.327. The lowest BCUT2D eigenvalue weighted by Crippen LogP contribution is -2.37. The predicted molar refractivity (Wildman–Crippen MR) is 72.8 cm³/mol. The molecule has 3 rings (SSSR count). The van der Waals surface area contributed by atoms with Gasteiger partial charge in [-0.25, -0.2) is 0 Å². The number of benzene rings is 1. The Bertz CT molecular complexity index is 454. The number of hydrogen-bond donors (Lipinski definition) is 1. The smallest absolute Gasteiger partial charge is 0.191 e. The largest absolute Gasteiger partial charge is 0.370 e. The van der Waals surface area contributed by atoms with Gasteiger partial charge >= 0.3 is 0 Å². The van der Waals surface area contributed by atoms with E-state index in [-0.39, 0.29) is 0 Å². The maximum Gasteiger partial charge on any atom is 0.191 e. The van der Waals surface area contributed by atoms with Gasteiger partial charge in [-0.3, -0.25) is 4.99 Å². The first-order valence-electron chi connectivity index (χ1n) is 6.06. The third kappa shape index (κ3) is 2.32. The molecule has 2 N–H and O–H groups in total. The van der Waals surface area contributed by atoms with E-state index >= 15 is 0 Å². The molecule has 3 nitrogen and oxygen atoms in total. The molecule has 17 heavy (non-hydrogen) atoms. The lowest BCUT2D eigenvalue weighted by atomic mass is 10.1. The summed E-state index contributed by atoms with van der Waals surface area (Å²) >= 11 is 3.52. The van der Waals surface area contributed by atoms with E-state index in [1.165, 1.54) is 18.4 Å². The second-order valence-electron chi connectivity index (χ2n) is 4.87. The third-order valence-electron chi connectivity index (χ3n) is 3.48. The summed E-state index contributed by atoms with van der Waals surface area (Å²) < 4.78 is 1.12. The van der Waals surface area contributed by atoms with Gasteiger partial charge in [0.05, 0.1) is 12.6 Å². The molecule has 1 heterocycles. The zero-order chi connectivity index (χ0) is 11.8. The summed E-state index contributed by atoms with van der Waals surface area (Å²) in [5.41, 5.74) is 7.28. The second kappa shape index (κ2) is 4.33. The third-order valence-corrected chi connectivity index (χ3v) is 3.98. The molecule has 1 aromatic carbocycles. The van der Waals surface area contributed by atoms with Crippen LogP contribution in [0.2, 0.25) is 0 Å². The number of nitrogens with zero attached hydrogens (tertiary/aromatic N) is 2. The van der Waals surface area contributed by atoms with Crippen LogP contribution in [-0.2, 0) is 0 Å². The summed E-state index contributed by atoms with van der Waals surface area (Å²) in [5, 5.41) is 0. The molecule has 0 aromatic heterocycles. The Kier molecular flexibility index (Phi) is 2.82. The van der Waals surface area contributed by atoms with E-state index in [2.05, 4.69) is 44.0 Å². The molecule has 0 spiro atoms. The summed E-state index contributed by atoms with van der Waals surface area (Å²) in [5.74, 6) is 1.54. The van der Waals surface area contributed by atoms with Crippen LogP contribution < -0.4 is 5.73 Å². The SMILES string of the molecule is NC1=NCC(c2cccc(Br)c2)N1CC1CC1. The fourth-order valence-corrected chi connectivity index (χ4v) is 2.74. The lowest BCUT2D eigenvalue weighted by Gasteiger charge is -2.26. The monoisotopic (exact) mass is 293 g/mol. The molecule has 0 saturated heterocycles. The molecule has 1 saturated carbocycles. The van der Waals surface area contributed by atoms with Crippen molar-refractivity contribution in [2.75, 3.05) is 13.1 Å². The highest BCUT2D eigenvalue weighted by molar-refractivity contribution is 9.10. The lowest BCUT2D eigenvalue weighted by molar-refractivity contribution is 0.333. The Labute approximate surface area is 110 Å². The number of hydrogen-bond acceptors (Lipinski definition) is 3. The Morgan fingerprint density at radius 3 is 2.94 bits per heavy atom. The van der Waals surface area contributed by atoms with Crippen LogP contribution in [0.1, 0.15) is 24.4 Å². The molecule has 1 aliphatic heterocycles. The fraction of sp³-hybridized carbons (Fsp3) is 0.462. The topological polar surface area (TPSA) is 41.6 Å². The van der Waals surface area contributed by atoms with Crippen molar-refractivity contribution >= 4 is 21.9 Å². The second-order valence-corrected chi connectivity index (χ2v) is 5.78. The van der Waals surface area contributed by atoms with E-state index in [1.54, 1.807) is 0 Å². The van der Waals surface area contributed by atoms with Crippen LogP contribution in [0.4, 0.5) is 0 Å². The molecule has 1 atom stereocenters. The average molecular weight is 294 g/mol. The van der Waals surface area contributed by atoms with Crippen LogP contribution in [0.3, 0.4) is 0 Å². The molecular weight excluding hydrogens is 278 g/mol. The summed E-state index contributed by atoms with van der Waals surface area (Å²) in [6, 6.07) is 8.77. The summed E-state index contributed by atoms with van der Waals surface area (Å²) in [6.07, 6.45) is 2.68. The maximum atomic E-state index is 5.99. The van der Waals surface area contributed by atoms with Gasteiger partial charge in [-0.1, -0.05) is 28.1 Å². The standard InChI is InChI=1S/C13H16BrN3/c14-11-3-1-2-10(6-11)12-7-16-13(15)17(12)8-9-4-5-9/h1-3,6,9,12H,4-5,7-8H2,(H2,15,16). The molecule has 0 bridgehead atoms. The van der Waals surface area contributed by atoms with E-state index in [1.807, 2.05) is 6.07 Å². The van der Waals surface area contributed by atoms with Crippen LogP contribution in [0.25, 0.3) is 0 Å². The molecule has 2 aliphatic rings. The van der Waals surface area contributed by atoms with Crippen molar-refractivity contribution in [1.82, 2.24) is 4.90 Å². The van der Waals surface area contributed by atoms with E-state index in [0.29, 0.717) is 12.0 Å². The molecule has 0 amide bonds. The Morgan fingerprint density at radius 2 is 2.24 bits per heavy atom. The normalized spacial score (nSPS) is 23.9. The van der Waals surface area contributed by atoms with Gasteiger partial charge in [-0.2, -0.15) is 0 Å². The average Bonchev–Trinajstić information content (AvgIpc) is 3.04. The van der Waals surface area contributed by atoms with Gasteiger partial charge in [0.1, 0.15) is 0 Å². The number of guanidine groups is 1. The van der Waals surface area contributed by atoms with Gasteiger partial charge in [-0.15, -0.1) is 0 Å². The number of aliphatic imine (C=N–C) groups is 1. The van der Waals surface area contributed by atoms with Crippen molar-refractivity contribution in [1.29, 1.82) is 0 Å². The van der Waals surface area contributed by atoms with Gasteiger partial charge in [-0.05, 0) is 36.5 Å². The molecule has 1 aliphatic carbocycles. The number of halogens is 1. The molecule has 0 radical (unpaired) electrons. The van der Waals surface area contributed by atoms with Crippen molar-refractivity contribution < 1.29 is 0 Å². The maximum absolute atomic E-state index is 5.99. The van der Waals surface area contributed by atoms with Gasteiger partial charge in [0.25, 0.3) is 0 Å². The van der Waals surface area contributed by atoms with Crippen LogP contribution in [0.15, 0.2) is 33.7 Å². The van der Waals surface area contributed by atoms with Gasteiger partial charge in [0.15, 0.2) is 5.96 Å². The molecule has 1 unspecified atom stereocenters. The summed E-state index contributed by atoms with van der Waals surface area (Å²) in [7, 11) is 0. The van der Waals surface area contributed by atoms with Crippen molar-refractivity contribution in [2.24, 2.45) is 16.6 Å².